The number of hydrogen-bond acceptors (Lipinski definition) is 4. The Morgan fingerprint density at radius 3 is 2.50 bits per heavy atom. The lowest BCUT2D eigenvalue weighted by molar-refractivity contribution is 0.111. The molecule has 0 aliphatic carbocycles. The Labute approximate surface area is 143 Å². The van der Waals surface area contributed by atoms with Crippen molar-refractivity contribution in [3.8, 4) is 28.8 Å². The summed E-state index contributed by atoms with van der Waals surface area (Å²) < 4.78 is 6.68. The number of para-hydroxylation sites is 1. The highest BCUT2D eigenvalue weighted by molar-refractivity contribution is 6.32. The second kappa shape index (κ2) is 6.57. The van der Waals surface area contributed by atoms with Crippen molar-refractivity contribution in [2.24, 2.45) is 0 Å². The third-order valence-electron chi connectivity index (χ3n) is 3.58. The molecule has 0 bridgehead atoms. The van der Waals surface area contributed by atoms with Gasteiger partial charge in [-0.25, -0.2) is 4.68 Å². The maximum absolute atomic E-state index is 11.3. The van der Waals surface area contributed by atoms with E-state index in [0.29, 0.717) is 28.4 Å². The molecule has 0 atom stereocenters. The van der Waals surface area contributed by atoms with Crippen LogP contribution in [0.5, 0.6) is 5.75 Å². The van der Waals surface area contributed by atoms with Crippen molar-refractivity contribution in [3.63, 3.8) is 0 Å². The molecule has 1 aromatic heterocycles. The van der Waals surface area contributed by atoms with Crippen molar-refractivity contribution in [3.05, 3.63) is 64.8 Å². The van der Waals surface area contributed by atoms with Gasteiger partial charge in [-0.2, -0.15) is 10.4 Å². The van der Waals surface area contributed by atoms with Crippen LogP contribution in [0.25, 0.3) is 16.9 Å². The number of rotatable bonds is 4. The number of benzene rings is 2. The van der Waals surface area contributed by atoms with Crippen LogP contribution in [0.4, 0.5) is 0 Å². The van der Waals surface area contributed by atoms with E-state index in [-0.39, 0.29) is 11.3 Å². The van der Waals surface area contributed by atoms with E-state index in [1.165, 1.54) is 4.68 Å². The molecule has 24 heavy (non-hydrogen) atoms. The quantitative estimate of drug-likeness (QED) is 0.677. The van der Waals surface area contributed by atoms with Crippen LogP contribution in [0, 0.1) is 11.3 Å². The second-order valence-corrected chi connectivity index (χ2v) is 5.34. The Bertz CT molecular complexity index is 940. The molecule has 0 radical (unpaired) electrons. The molecule has 0 aliphatic rings. The monoisotopic (exact) mass is 337 g/mol. The van der Waals surface area contributed by atoms with Gasteiger partial charge in [-0.05, 0) is 36.4 Å². The molecule has 0 amide bonds. The van der Waals surface area contributed by atoms with E-state index < -0.39 is 0 Å². The largest absolute Gasteiger partial charge is 0.497 e. The number of nitrogens with zero attached hydrogens (tertiary/aromatic N) is 3. The third kappa shape index (κ3) is 2.64. The number of aromatic nitrogens is 2. The minimum atomic E-state index is 0.0724. The summed E-state index contributed by atoms with van der Waals surface area (Å²) in [6.45, 7) is 0. The number of carbonyl (C=O) groups is 1. The Morgan fingerprint density at radius 1 is 1.21 bits per heavy atom. The van der Waals surface area contributed by atoms with Crippen molar-refractivity contribution >= 4 is 17.9 Å². The SMILES string of the molecule is COc1ccc(-c2c(C#N)c(C=O)nn2-c2ccccc2Cl)cc1. The predicted molar refractivity (Wildman–Crippen MR) is 90.7 cm³/mol. The lowest BCUT2D eigenvalue weighted by Gasteiger charge is -2.10. The molecule has 2 aromatic carbocycles. The van der Waals surface area contributed by atoms with Gasteiger partial charge in [0.2, 0.25) is 0 Å². The highest BCUT2D eigenvalue weighted by atomic mass is 35.5. The van der Waals surface area contributed by atoms with Crippen LogP contribution in [0.1, 0.15) is 16.1 Å². The standard InChI is InChI=1S/C18H12ClN3O2/c1-24-13-8-6-12(7-9-13)18-14(10-20)16(11-23)21-22(18)17-5-3-2-4-15(17)19/h2-9,11H,1H3. The zero-order valence-electron chi connectivity index (χ0n) is 12.7. The van der Waals surface area contributed by atoms with Crippen molar-refractivity contribution in [1.82, 2.24) is 9.78 Å². The van der Waals surface area contributed by atoms with E-state index >= 15 is 0 Å². The molecule has 0 saturated heterocycles. The first kappa shape index (κ1) is 15.8. The molecule has 0 unspecified atom stereocenters. The minimum Gasteiger partial charge on any atom is -0.497 e. The summed E-state index contributed by atoms with van der Waals surface area (Å²) in [7, 11) is 1.58. The summed E-state index contributed by atoms with van der Waals surface area (Å²) in [5, 5.41) is 14.2. The Hall–Kier alpha value is -3.10. The molecule has 118 valence electrons. The number of hydrogen-bond donors (Lipinski definition) is 0. The predicted octanol–water partition coefficient (Wildman–Crippen LogP) is 3.89. The molecule has 0 aliphatic heterocycles. The zero-order valence-corrected chi connectivity index (χ0v) is 13.5. The summed E-state index contributed by atoms with van der Waals surface area (Å²) in [5.74, 6) is 0.691. The topological polar surface area (TPSA) is 67.9 Å². The van der Waals surface area contributed by atoms with Crippen LogP contribution in [0.15, 0.2) is 48.5 Å². The van der Waals surface area contributed by atoms with Gasteiger partial charge in [-0.3, -0.25) is 4.79 Å². The zero-order chi connectivity index (χ0) is 17.1. The number of halogens is 1. The van der Waals surface area contributed by atoms with E-state index in [4.69, 9.17) is 16.3 Å². The first-order valence-electron chi connectivity index (χ1n) is 7.07. The van der Waals surface area contributed by atoms with Crippen molar-refractivity contribution in [2.75, 3.05) is 7.11 Å². The lowest BCUT2D eigenvalue weighted by atomic mass is 10.1. The number of aldehydes is 1. The molecule has 5 nitrogen and oxygen atoms in total. The smallest absolute Gasteiger partial charge is 0.171 e. The van der Waals surface area contributed by atoms with Crippen molar-refractivity contribution in [2.45, 2.75) is 0 Å². The average Bonchev–Trinajstić information content (AvgIpc) is 3.00. The van der Waals surface area contributed by atoms with Gasteiger partial charge in [0, 0.05) is 5.56 Å². The Kier molecular flexibility index (Phi) is 4.32. The highest BCUT2D eigenvalue weighted by Crippen LogP contribution is 2.31. The number of carbonyl (C=O) groups excluding carboxylic acids is 1. The normalized spacial score (nSPS) is 10.2. The van der Waals surface area contributed by atoms with Gasteiger partial charge in [0.25, 0.3) is 0 Å². The molecular formula is C18H12ClN3O2. The second-order valence-electron chi connectivity index (χ2n) is 4.93. The molecule has 1 heterocycles. The molecule has 6 heteroatoms. The Morgan fingerprint density at radius 2 is 1.92 bits per heavy atom. The van der Waals surface area contributed by atoms with Crippen LogP contribution in [-0.4, -0.2) is 23.2 Å². The van der Waals surface area contributed by atoms with Crippen LogP contribution in [0.2, 0.25) is 5.02 Å². The first-order valence-corrected chi connectivity index (χ1v) is 7.45. The van der Waals surface area contributed by atoms with Gasteiger partial charge in [0.1, 0.15) is 23.1 Å². The molecule has 0 fully saturated rings. The summed E-state index contributed by atoms with van der Waals surface area (Å²) in [4.78, 5) is 11.3. The Balaban J connectivity index is 2.30. The fraction of sp³-hybridized carbons (Fsp3) is 0.0556. The van der Waals surface area contributed by atoms with Crippen molar-refractivity contribution < 1.29 is 9.53 Å². The highest BCUT2D eigenvalue weighted by Gasteiger charge is 2.21. The number of ether oxygens (including phenoxy) is 1. The van der Waals surface area contributed by atoms with Gasteiger partial charge < -0.3 is 4.74 Å². The number of nitriles is 1. The molecule has 3 aromatic rings. The molecule has 0 saturated carbocycles. The van der Waals surface area contributed by atoms with Gasteiger partial charge in [0.05, 0.1) is 23.5 Å². The number of methoxy groups -OCH3 is 1. The summed E-state index contributed by atoms with van der Waals surface area (Å²) in [6.07, 6.45) is 0.568. The molecular weight excluding hydrogens is 326 g/mol. The summed E-state index contributed by atoms with van der Waals surface area (Å²) in [6, 6.07) is 16.3. The van der Waals surface area contributed by atoms with Crippen LogP contribution in [0.3, 0.4) is 0 Å². The average molecular weight is 338 g/mol. The van der Waals surface area contributed by atoms with Gasteiger partial charge in [-0.15, -0.1) is 0 Å². The maximum Gasteiger partial charge on any atom is 0.171 e. The van der Waals surface area contributed by atoms with Gasteiger partial charge >= 0.3 is 0 Å². The fourth-order valence-electron chi connectivity index (χ4n) is 2.44. The molecule has 3 rings (SSSR count). The van der Waals surface area contributed by atoms with E-state index in [1.54, 1.807) is 49.6 Å². The molecule has 0 N–H and O–H groups in total. The lowest BCUT2D eigenvalue weighted by Crippen LogP contribution is -2.00. The fourth-order valence-corrected chi connectivity index (χ4v) is 2.66. The van der Waals surface area contributed by atoms with Crippen LogP contribution < -0.4 is 4.74 Å². The van der Waals surface area contributed by atoms with E-state index in [0.717, 1.165) is 5.56 Å². The molecule has 0 spiro atoms. The van der Waals surface area contributed by atoms with Crippen LogP contribution >= 0.6 is 11.6 Å². The third-order valence-corrected chi connectivity index (χ3v) is 3.90. The minimum absolute atomic E-state index is 0.0724. The first-order chi connectivity index (χ1) is 11.7. The van der Waals surface area contributed by atoms with E-state index in [1.807, 2.05) is 6.07 Å². The van der Waals surface area contributed by atoms with E-state index in [9.17, 15) is 10.1 Å². The summed E-state index contributed by atoms with van der Waals surface area (Å²) in [5.41, 5.74) is 2.11. The van der Waals surface area contributed by atoms with Crippen LogP contribution in [-0.2, 0) is 0 Å². The van der Waals surface area contributed by atoms with E-state index in [2.05, 4.69) is 11.2 Å². The maximum atomic E-state index is 11.3. The van der Waals surface area contributed by atoms with Crippen molar-refractivity contribution in [1.29, 1.82) is 5.26 Å². The van der Waals surface area contributed by atoms with Gasteiger partial charge in [0.15, 0.2) is 6.29 Å². The van der Waals surface area contributed by atoms with Gasteiger partial charge in [-0.1, -0.05) is 23.7 Å². The summed E-state index contributed by atoms with van der Waals surface area (Å²) >= 11 is 6.26.